The highest BCUT2D eigenvalue weighted by Gasteiger charge is 1.96. The smallest absolute Gasteiger partial charge is 0.0378 e. The summed E-state index contributed by atoms with van der Waals surface area (Å²) in [7, 11) is 1.78. The quantitative estimate of drug-likeness (QED) is 0.632. The van der Waals surface area contributed by atoms with Crippen LogP contribution in [0.5, 0.6) is 0 Å². The number of aliphatic imine (C=N–C) groups is 1. The standard InChI is InChI=1S/C11H14N2/c1-4-10(8-12-3)11-5-6-13-9(2)7-11/h4-8H,1-3H3/b10-4+,12-8?. The van der Waals surface area contributed by atoms with Crippen LogP contribution in [0.25, 0.3) is 5.57 Å². The van der Waals surface area contributed by atoms with Crippen LogP contribution in [0.2, 0.25) is 0 Å². The third-order valence-electron chi connectivity index (χ3n) is 1.81. The van der Waals surface area contributed by atoms with Gasteiger partial charge in [0.1, 0.15) is 0 Å². The summed E-state index contributed by atoms with van der Waals surface area (Å²) in [6.07, 6.45) is 5.72. The highest BCUT2D eigenvalue weighted by atomic mass is 14.7. The summed E-state index contributed by atoms with van der Waals surface area (Å²) in [5.74, 6) is 0. The van der Waals surface area contributed by atoms with Gasteiger partial charge in [0.05, 0.1) is 0 Å². The summed E-state index contributed by atoms with van der Waals surface area (Å²) >= 11 is 0. The molecule has 0 radical (unpaired) electrons. The van der Waals surface area contributed by atoms with Crippen LogP contribution in [0.15, 0.2) is 29.4 Å². The fraction of sp³-hybridized carbons (Fsp3) is 0.273. The molecule has 2 nitrogen and oxygen atoms in total. The van der Waals surface area contributed by atoms with Crippen LogP contribution in [-0.4, -0.2) is 18.2 Å². The Hall–Kier alpha value is -1.44. The molecule has 0 aromatic carbocycles. The fourth-order valence-corrected chi connectivity index (χ4v) is 1.18. The first-order chi connectivity index (χ1) is 6.27. The summed E-state index contributed by atoms with van der Waals surface area (Å²) in [5.41, 5.74) is 3.33. The zero-order valence-electron chi connectivity index (χ0n) is 8.28. The molecule has 1 heterocycles. The van der Waals surface area contributed by atoms with E-state index in [0.717, 1.165) is 11.3 Å². The molecule has 0 spiro atoms. The van der Waals surface area contributed by atoms with Crippen LogP contribution < -0.4 is 0 Å². The van der Waals surface area contributed by atoms with Gasteiger partial charge in [-0.25, -0.2) is 0 Å². The normalized spacial score (nSPS) is 12.4. The van der Waals surface area contributed by atoms with Gasteiger partial charge in [-0.15, -0.1) is 0 Å². The van der Waals surface area contributed by atoms with Gasteiger partial charge >= 0.3 is 0 Å². The molecule has 0 fully saturated rings. The molecule has 0 atom stereocenters. The lowest BCUT2D eigenvalue weighted by Crippen LogP contribution is -1.88. The molecule has 0 N–H and O–H groups in total. The molecule has 0 saturated heterocycles. The van der Waals surface area contributed by atoms with Crippen LogP contribution in [0.3, 0.4) is 0 Å². The highest BCUT2D eigenvalue weighted by molar-refractivity contribution is 6.09. The third-order valence-corrected chi connectivity index (χ3v) is 1.81. The van der Waals surface area contributed by atoms with E-state index in [-0.39, 0.29) is 0 Å². The second kappa shape index (κ2) is 4.55. The Morgan fingerprint density at radius 1 is 1.54 bits per heavy atom. The van der Waals surface area contributed by atoms with E-state index < -0.39 is 0 Å². The molecule has 1 aromatic heterocycles. The van der Waals surface area contributed by atoms with E-state index in [2.05, 4.69) is 16.0 Å². The number of pyridine rings is 1. The lowest BCUT2D eigenvalue weighted by atomic mass is 10.1. The van der Waals surface area contributed by atoms with Crippen molar-refractivity contribution < 1.29 is 0 Å². The molecule has 0 aliphatic rings. The van der Waals surface area contributed by atoms with E-state index in [1.807, 2.05) is 38.4 Å². The fourth-order valence-electron chi connectivity index (χ4n) is 1.18. The van der Waals surface area contributed by atoms with Crippen molar-refractivity contribution in [1.29, 1.82) is 0 Å². The van der Waals surface area contributed by atoms with Crippen molar-refractivity contribution in [2.75, 3.05) is 7.05 Å². The van der Waals surface area contributed by atoms with E-state index in [1.165, 1.54) is 5.56 Å². The molecule has 68 valence electrons. The number of aromatic nitrogens is 1. The first kappa shape index (κ1) is 9.65. The predicted molar refractivity (Wildman–Crippen MR) is 57.0 cm³/mol. The number of nitrogens with zero attached hydrogens (tertiary/aromatic N) is 2. The molecule has 0 unspecified atom stereocenters. The SMILES string of the molecule is C/C=C(\C=NC)c1ccnc(C)c1. The zero-order valence-corrected chi connectivity index (χ0v) is 8.28. The minimum atomic E-state index is 1.03. The number of rotatable bonds is 2. The van der Waals surface area contributed by atoms with Crippen molar-refractivity contribution >= 4 is 11.8 Å². The Bertz CT molecular complexity index is 338. The summed E-state index contributed by atoms with van der Waals surface area (Å²) in [4.78, 5) is 8.14. The van der Waals surface area contributed by atoms with Gasteiger partial charge in [-0.05, 0) is 37.1 Å². The van der Waals surface area contributed by atoms with Gasteiger partial charge in [0.2, 0.25) is 0 Å². The van der Waals surface area contributed by atoms with E-state index in [4.69, 9.17) is 0 Å². The van der Waals surface area contributed by atoms with Crippen LogP contribution >= 0.6 is 0 Å². The van der Waals surface area contributed by atoms with Gasteiger partial charge in [0, 0.05) is 25.2 Å². The van der Waals surface area contributed by atoms with Gasteiger partial charge in [-0.2, -0.15) is 0 Å². The van der Waals surface area contributed by atoms with Gasteiger partial charge in [0.15, 0.2) is 0 Å². The number of hydrogen-bond acceptors (Lipinski definition) is 2. The van der Waals surface area contributed by atoms with Crippen LogP contribution in [0.4, 0.5) is 0 Å². The largest absolute Gasteiger partial charge is 0.296 e. The molecule has 13 heavy (non-hydrogen) atoms. The first-order valence-electron chi connectivity index (χ1n) is 4.29. The summed E-state index contributed by atoms with van der Waals surface area (Å²) in [5, 5.41) is 0. The molecule has 0 saturated carbocycles. The van der Waals surface area contributed by atoms with Crippen LogP contribution in [0, 0.1) is 6.92 Å². The zero-order chi connectivity index (χ0) is 9.68. The average molecular weight is 174 g/mol. The average Bonchev–Trinajstić information content (AvgIpc) is 2.14. The Morgan fingerprint density at radius 2 is 2.31 bits per heavy atom. The maximum Gasteiger partial charge on any atom is 0.0378 e. The molecule has 0 aliphatic heterocycles. The summed E-state index contributed by atoms with van der Waals surface area (Å²) in [6.45, 7) is 3.99. The molecular formula is C11H14N2. The summed E-state index contributed by atoms with van der Waals surface area (Å²) in [6, 6.07) is 4.04. The van der Waals surface area contributed by atoms with E-state index in [0.29, 0.717) is 0 Å². The molecule has 1 aromatic rings. The van der Waals surface area contributed by atoms with Crippen molar-refractivity contribution in [3.63, 3.8) is 0 Å². The Kier molecular flexibility index (Phi) is 3.38. The molecule has 0 amide bonds. The van der Waals surface area contributed by atoms with Crippen molar-refractivity contribution in [3.8, 4) is 0 Å². The van der Waals surface area contributed by atoms with Crippen molar-refractivity contribution in [2.24, 2.45) is 4.99 Å². The minimum absolute atomic E-state index is 1.03. The Balaban J connectivity index is 3.06. The second-order valence-corrected chi connectivity index (χ2v) is 2.82. The van der Waals surface area contributed by atoms with Crippen LogP contribution in [0.1, 0.15) is 18.2 Å². The Labute approximate surface area is 79.0 Å². The second-order valence-electron chi connectivity index (χ2n) is 2.82. The number of hydrogen-bond donors (Lipinski definition) is 0. The lowest BCUT2D eigenvalue weighted by molar-refractivity contribution is 1.19. The highest BCUT2D eigenvalue weighted by Crippen LogP contribution is 2.11. The number of allylic oxidation sites excluding steroid dienone is 2. The monoisotopic (exact) mass is 174 g/mol. The molecular weight excluding hydrogens is 160 g/mol. The van der Waals surface area contributed by atoms with Gasteiger partial charge in [-0.1, -0.05) is 6.08 Å². The van der Waals surface area contributed by atoms with E-state index in [1.54, 1.807) is 7.05 Å². The van der Waals surface area contributed by atoms with Crippen LogP contribution in [-0.2, 0) is 0 Å². The van der Waals surface area contributed by atoms with E-state index in [9.17, 15) is 0 Å². The van der Waals surface area contributed by atoms with Crippen molar-refractivity contribution in [2.45, 2.75) is 13.8 Å². The molecule has 2 heteroatoms. The third kappa shape index (κ3) is 2.51. The van der Waals surface area contributed by atoms with Crippen molar-refractivity contribution in [3.05, 3.63) is 35.7 Å². The lowest BCUT2D eigenvalue weighted by Gasteiger charge is -2.01. The first-order valence-corrected chi connectivity index (χ1v) is 4.29. The maximum absolute atomic E-state index is 4.14. The molecule has 1 rings (SSSR count). The van der Waals surface area contributed by atoms with E-state index >= 15 is 0 Å². The molecule has 0 aliphatic carbocycles. The minimum Gasteiger partial charge on any atom is -0.296 e. The Morgan fingerprint density at radius 3 is 2.85 bits per heavy atom. The maximum atomic E-state index is 4.14. The van der Waals surface area contributed by atoms with Gasteiger partial charge in [0.25, 0.3) is 0 Å². The number of aryl methyl sites for hydroxylation is 1. The topological polar surface area (TPSA) is 25.2 Å². The molecule has 0 bridgehead atoms. The van der Waals surface area contributed by atoms with Crippen molar-refractivity contribution in [1.82, 2.24) is 4.98 Å². The van der Waals surface area contributed by atoms with Gasteiger partial charge < -0.3 is 0 Å². The summed E-state index contributed by atoms with van der Waals surface area (Å²) < 4.78 is 0. The predicted octanol–water partition coefficient (Wildman–Crippen LogP) is 2.49. The van der Waals surface area contributed by atoms with Gasteiger partial charge in [-0.3, -0.25) is 9.98 Å².